The summed E-state index contributed by atoms with van der Waals surface area (Å²) in [6.07, 6.45) is 4.69. The zero-order chi connectivity index (χ0) is 15.4. The maximum Gasteiger partial charge on any atom is 0.338 e. The first-order valence-electron chi connectivity index (χ1n) is 7.02. The molecule has 1 saturated carbocycles. The monoisotopic (exact) mass is 294 g/mol. The molecule has 0 unspecified atom stereocenters. The van der Waals surface area contributed by atoms with E-state index in [2.05, 4.69) is 5.32 Å². The van der Waals surface area contributed by atoms with E-state index in [-0.39, 0.29) is 11.7 Å². The molecule has 1 fully saturated rings. The zero-order valence-electron chi connectivity index (χ0n) is 11.9. The lowest BCUT2D eigenvalue weighted by molar-refractivity contribution is 0.0692. The molecule has 0 aromatic heterocycles. The van der Waals surface area contributed by atoms with Crippen LogP contribution in [0.2, 0.25) is 0 Å². The molecule has 0 saturated heterocycles. The van der Waals surface area contributed by atoms with Gasteiger partial charge in [-0.25, -0.2) is 14.0 Å². The number of nitrogens with one attached hydrogen (secondary N) is 1. The lowest BCUT2D eigenvalue weighted by Gasteiger charge is -2.21. The van der Waals surface area contributed by atoms with Gasteiger partial charge in [0.25, 0.3) is 0 Å². The maximum absolute atomic E-state index is 13.3. The lowest BCUT2D eigenvalue weighted by atomic mass is 10.1. The highest BCUT2D eigenvalue weighted by Crippen LogP contribution is 2.25. The highest BCUT2D eigenvalue weighted by molar-refractivity contribution is 5.93. The van der Waals surface area contributed by atoms with Gasteiger partial charge in [-0.15, -0.1) is 0 Å². The van der Waals surface area contributed by atoms with Crippen molar-refractivity contribution in [3.63, 3.8) is 0 Å². The first kappa shape index (κ1) is 15.3. The van der Waals surface area contributed by atoms with E-state index in [9.17, 15) is 14.0 Å². The number of rotatable bonds is 4. The number of carboxylic acids is 1. The number of urea groups is 1. The fourth-order valence-corrected chi connectivity index (χ4v) is 2.65. The summed E-state index contributed by atoms with van der Waals surface area (Å²) in [5.41, 5.74) is -0.177. The van der Waals surface area contributed by atoms with Crippen molar-refractivity contribution >= 4 is 17.7 Å². The summed E-state index contributed by atoms with van der Waals surface area (Å²) in [6, 6.07) is 3.20. The van der Waals surface area contributed by atoms with Crippen molar-refractivity contribution in [1.82, 2.24) is 4.90 Å². The number of nitrogens with zero attached hydrogens (tertiary/aromatic N) is 1. The minimum atomic E-state index is -1.36. The van der Waals surface area contributed by atoms with Crippen LogP contribution in [0.5, 0.6) is 0 Å². The first-order valence-corrected chi connectivity index (χ1v) is 7.02. The molecule has 0 spiro atoms. The molecule has 0 aliphatic heterocycles. The summed E-state index contributed by atoms with van der Waals surface area (Å²) in [4.78, 5) is 24.5. The molecule has 2 N–H and O–H groups in total. The van der Waals surface area contributed by atoms with E-state index in [0.717, 1.165) is 25.0 Å². The van der Waals surface area contributed by atoms with Gasteiger partial charge in [-0.3, -0.25) is 0 Å². The van der Waals surface area contributed by atoms with Crippen molar-refractivity contribution in [3.8, 4) is 0 Å². The number of carbonyl (C=O) groups excluding carboxylic acids is 1. The van der Waals surface area contributed by atoms with Crippen molar-refractivity contribution in [2.24, 2.45) is 5.92 Å². The average Bonchev–Trinajstić information content (AvgIpc) is 2.93. The predicted octanol–water partition coefficient (Wildman–Crippen LogP) is 3.18. The Bertz CT molecular complexity index is 542. The third-order valence-corrected chi connectivity index (χ3v) is 3.80. The van der Waals surface area contributed by atoms with Gasteiger partial charge >= 0.3 is 12.0 Å². The van der Waals surface area contributed by atoms with Crippen LogP contribution < -0.4 is 5.32 Å². The van der Waals surface area contributed by atoms with E-state index in [4.69, 9.17) is 5.11 Å². The molecule has 114 valence electrons. The van der Waals surface area contributed by atoms with Gasteiger partial charge in [0.2, 0.25) is 0 Å². The van der Waals surface area contributed by atoms with Crippen molar-refractivity contribution < 1.29 is 19.1 Å². The minimum absolute atomic E-state index is 0.275. The van der Waals surface area contributed by atoms with Gasteiger partial charge in [-0.1, -0.05) is 12.8 Å². The number of benzene rings is 1. The molecule has 1 aliphatic carbocycles. The largest absolute Gasteiger partial charge is 0.478 e. The number of hydrogen-bond donors (Lipinski definition) is 2. The summed E-state index contributed by atoms with van der Waals surface area (Å²) in [5, 5.41) is 11.5. The molecule has 5 nitrogen and oxygen atoms in total. The van der Waals surface area contributed by atoms with E-state index in [1.807, 2.05) is 0 Å². The van der Waals surface area contributed by atoms with E-state index >= 15 is 0 Å². The Kier molecular flexibility index (Phi) is 4.77. The normalized spacial score (nSPS) is 15.0. The SMILES string of the molecule is CN(CC1CCCC1)C(=O)Nc1ccc(F)c(C(=O)O)c1. The van der Waals surface area contributed by atoms with Crippen LogP contribution in [-0.4, -0.2) is 35.6 Å². The van der Waals surface area contributed by atoms with Gasteiger partial charge in [-0.05, 0) is 37.0 Å². The smallest absolute Gasteiger partial charge is 0.338 e. The van der Waals surface area contributed by atoms with Crippen LogP contribution in [0.15, 0.2) is 18.2 Å². The van der Waals surface area contributed by atoms with Crippen molar-refractivity contribution in [2.75, 3.05) is 18.9 Å². The highest BCUT2D eigenvalue weighted by atomic mass is 19.1. The molecule has 0 atom stereocenters. The molecule has 1 aromatic rings. The molecule has 0 radical (unpaired) electrons. The summed E-state index contributed by atoms with van der Waals surface area (Å²) >= 11 is 0. The van der Waals surface area contributed by atoms with Crippen molar-refractivity contribution in [1.29, 1.82) is 0 Å². The van der Waals surface area contributed by atoms with E-state index in [1.54, 1.807) is 11.9 Å². The third kappa shape index (κ3) is 3.93. The van der Waals surface area contributed by atoms with Gasteiger partial charge < -0.3 is 15.3 Å². The molecule has 6 heteroatoms. The Hall–Kier alpha value is -2.11. The van der Waals surface area contributed by atoms with Crippen LogP contribution in [0, 0.1) is 11.7 Å². The number of carboxylic acid groups (broad SMARTS) is 1. The molecular formula is C15H19FN2O3. The van der Waals surface area contributed by atoms with Crippen LogP contribution in [0.25, 0.3) is 0 Å². The van der Waals surface area contributed by atoms with E-state index in [0.29, 0.717) is 12.5 Å². The summed E-state index contributed by atoms with van der Waals surface area (Å²) < 4.78 is 13.3. The fourth-order valence-electron chi connectivity index (χ4n) is 2.65. The van der Waals surface area contributed by atoms with Crippen molar-refractivity contribution in [3.05, 3.63) is 29.6 Å². The Morgan fingerprint density at radius 3 is 2.67 bits per heavy atom. The molecular weight excluding hydrogens is 275 g/mol. The Balaban J connectivity index is 1.98. The van der Waals surface area contributed by atoms with Crippen molar-refractivity contribution in [2.45, 2.75) is 25.7 Å². The Morgan fingerprint density at radius 1 is 1.38 bits per heavy atom. The topological polar surface area (TPSA) is 69.6 Å². The van der Waals surface area contributed by atoms with Gasteiger partial charge in [0.1, 0.15) is 5.82 Å². The number of amides is 2. The minimum Gasteiger partial charge on any atom is -0.478 e. The van der Waals surface area contributed by atoms with E-state index < -0.39 is 17.3 Å². The second-order valence-electron chi connectivity index (χ2n) is 5.46. The fraction of sp³-hybridized carbons (Fsp3) is 0.467. The van der Waals surface area contributed by atoms with Gasteiger partial charge in [0, 0.05) is 19.3 Å². The summed E-state index contributed by atoms with van der Waals surface area (Å²) in [7, 11) is 1.70. The van der Waals surface area contributed by atoms with Crippen LogP contribution in [0.1, 0.15) is 36.0 Å². The highest BCUT2D eigenvalue weighted by Gasteiger charge is 2.20. The number of anilines is 1. The molecule has 21 heavy (non-hydrogen) atoms. The van der Waals surface area contributed by atoms with Gasteiger partial charge in [0.05, 0.1) is 5.56 Å². The van der Waals surface area contributed by atoms with Crippen LogP contribution in [0.4, 0.5) is 14.9 Å². The average molecular weight is 294 g/mol. The summed E-state index contributed by atoms with van der Waals surface area (Å²) in [6.45, 7) is 0.679. The van der Waals surface area contributed by atoms with Crippen LogP contribution >= 0.6 is 0 Å². The van der Waals surface area contributed by atoms with Gasteiger partial charge in [-0.2, -0.15) is 0 Å². The van der Waals surface area contributed by atoms with Crippen LogP contribution in [0.3, 0.4) is 0 Å². The number of carbonyl (C=O) groups is 2. The standard InChI is InChI=1S/C15H19FN2O3/c1-18(9-10-4-2-3-5-10)15(21)17-11-6-7-13(16)12(8-11)14(19)20/h6-8,10H,2-5,9H2,1H3,(H,17,21)(H,19,20). The number of aromatic carboxylic acids is 1. The number of halogens is 1. The molecule has 0 heterocycles. The Morgan fingerprint density at radius 2 is 2.05 bits per heavy atom. The molecule has 1 aromatic carbocycles. The van der Waals surface area contributed by atoms with E-state index in [1.165, 1.54) is 18.9 Å². The molecule has 1 aliphatic rings. The Labute approximate surface area is 122 Å². The molecule has 2 amide bonds. The first-order chi connectivity index (χ1) is 9.97. The number of hydrogen-bond acceptors (Lipinski definition) is 2. The quantitative estimate of drug-likeness (QED) is 0.896. The molecule has 0 bridgehead atoms. The summed E-state index contributed by atoms with van der Waals surface area (Å²) in [5.74, 6) is -1.65. The third-order valence-electron chi connectivity index (χ3n) is 3.80. The second kappa shape index (κ2) is 6.56. The zero-order valence-corrected chi connectivity index (χ0v) is 11.9. The molecule has 2 rings (SSSR count). The van der Waals surface area contributed by atoms with Gasteiger partial charge in [0.15, 0.2) is 0 Å². The second-order valence-corrected chi connectivity index (χ2v) is 5.46. The lowest BCUT2D eigenvalue weighted by Crippen LogP contribution is -2.34. The van der Waals surface area contributed by atoms with Crippen LogP contribution in [-0.2, 0) is 0 Å². The predicted molar refractivity (Wildman–Crippen MR) is 77.0 cm³/mol. The maximum atomic E-state index is 13.3.